The highest BCUT2D eigenvalue weighted by molar-refractivity contribution is 6.26. The highest BCUT2D eigenvalue weighted by atomic mass is 16.2. The molecule has 0 saturated carbocycles. The van der Waals surface area contributed by atoms with Crippen molar-refractivity contribution in [3.63, 3.8) is 0 Å². The number of para-hydroxylation sites is 2. The number of anilines is 2. The second-order valence-electron chi connectivity index (χ2n) is 9.34. The number of nitrogens with one attached hydrogen (secondary N) is 1. The molecule has 0 unspecified atom stereocenters. The van der Waals surface area contributed by atoms with E-state index in [1.54, 1.807) is 29.2 Å². The van der Waals surface area contributed by atoms with Crippen LogP contribution in [-0.2, 0) is 19.9 Å². The fourth-order valence-electron chi connectivity index (χ4n) is 5.98. The molecule has 3 aliphatic rings. The van der Waals surface area contributed by atoms with Crippen LogP contribution < -0.4 is 15.1 Å². The van der Waals surface area contributed by atoms with Crippen LogP contribution in [-0.4, -0.2) is 30.3 Å². The Morgan fingerprint density at radius 2 is 1.51 bits per heavy atom. The van der Waals surface area contributed by atoms with Crippen LogP contribution in [0.15, 0.2) is 91.0 Å². The second kappa shape index (κ2) is 8.03. The first kappa shape index (κ1) is 21.5. The van der Waals surface area contributed by atoms with Crippen molar-refractivity contribution in [2.75, 3.05) is 16.3 Å². The normalized spacial score (nSPS) is 27.3. The van der Waals surface area contributed by atoms with Crippen LogP contribution in [0.5, 0.6) is 0 Å². The van der Waals surface area contributed by atoms with E-state index in [0.717, 1.165) is 16.8 Å². The van der Waals surface area contributed by atoms with Gasteiger partial charge in [-0.05, 0) is 30.7 Å². The van der Waals surface area contributed by atoms with E-state index in [9.17, 15) is 14.4 Å². The summed E-state index contributed by atoms with van der Waals surface area (Å²) in [4.78, 5) is 44.5. The zero-order valence-electron chi connectivity index (χ0n) is 19.3. The fraction of sp³-hybridized carbons (Fsp3) is 0.207. The average Bonchev–Trinajstić information content (AvgIpc) is 3.43. The van der Waals surface area contributed by atoms with Crippen LogP contribution >= 0.6 is 0 Å². The number of carbonyl (C=O) groups is 3. The van der Waals surface area contributed by atoms with Crippen molar-refractivity contribution in [1.29, 1.82) is 0 Å². The van der Waals surface area contributed by atoms with Crippen LogP contribution in [0.3, 0.4) is 0 Å². The third kappa shape index (κ3) is 3.03. The number of hydrogen-bond acceptors (Lipinski definition) is 4. The first-order chi connectivity index (χ1) is 17.0. The molecule has 0 aromatic heterocycles. The zero-order chi connectivity index (χ0) is 24.2. The molecule has 3 aromatic rings. The lowest BCUT2D eigenvalue weighted by atomic mass is 9.76. The average molecular weight is 464 g/mol. The predicted molar refractivity (Wildman–Crippen MR) is 134 cm³/mol. The van der Waals surface area contributed by atoms with Gasteiger partial charge in [0.1, 0.15) is 5.54 Å². The van der Waals surface area contributed by atoms with Crippen molar-refractivity contribution in [3.8, 4) is 0 Å². The molecule has 4 atom stereocenters. The standard InChI is InChI=1S/C29H25N3O3/c1-19-24-25(27(34)32(26(24)33)21-14-6-3-7-15-21)29(30-19)22-16-8-9-17-23(22)31(28(29)35)18-10-13-20-11-4-2-5-12-20/h2-17,19,24-25,30H,18H2,1H3/b13-10-/t19-,24+,25+,29+/m1/s1. The molecule has 35 heavy (non-hydrogen) atoms. The third-order valence-electron chi connectivity index (χ3n) is 7.43. The van der Waals surface area contributed by atoms with E-state index in [0.29, 0.717) is 12.2 Å². The molecule has 6 heteroatoms. The molecule has 3 aromatic carbocycles. The van der Waals surface area contributed by atoms with E-state index in [4.69, 9.17) is 0 Å². The Balaban J connectivity index is 1.40. The summed E-state index contributed by atoms with van der Waals surface area (Å²) < 4.78 is 0. The molecular formula is C29H25N3O3. The summed E-state index contributed by atoms with van der Waals surface area (Å²) >= 11 is 0. The molecule has 0 aliphatic carbocycles. The van der Waals surface area contributed by atoms with E-state index in [1.807, 2.05) is 79.7 Å². The minimum Gasteiger partial charge on any atom is -0.306 e. The van der Waals surface area contributed by atoms with Crippen molar-refractivity contribution in [2.24, 2.45) is 11.8 Å². The number of amides is 3. The lowest BCUT2D eigenvalue weighted by Crippen LogP contribution is -2.55. The maximum atomic E-state index is 14.2. The Morgan fingerprint density at radius 3 is 2.26 bits per heavy atom. The van der Waals surface area contributed by atoms with Gasteiger partial charge in [0.15, 0.2) is 0 Å². The molecule has 1 N–H and O–H groups in total. The SMILES string of the molecule is C[C@H]1N[C@]2(C(=O)N(C/C=C\c3ccccc3)c3ccccc32)[C@@H]2C(=O)N(c3ccccc3)C(=O)[C@H]21. The number of nitrogens with zero attached hydrogens (tertiary/aromatic N) is 2. The Labute approximate surface area is 203 Å². The third-order valence-corrected chi connectivity index (χ3v) is 7.43. The van der Waals surface area contributed by atoms with Crippen LogP contribution in [0, 0.1) is 11.8 Å². The number of fused-ring (bicyclic) bond motifs is 4. The zero-order valence-corrected chi connectivity index (χ0v) is 19.3. The van der Waals surface area contributed by atoms with Gasteiger partial charge in [-0.3, -0.25) is 19.7 Å². The van der Waals surface area contributed by atoms with Crippen molar-refractivity contribution < 1.29 is 14.4 Å². The Kier molecular flexibility index (Phi) is 4.93. The topological polar surface area (TPSA) is 69.7 Å². The van der Waals surface area contributed by atoms with Gasteiger partial charge in [0, 0.05) is 23.8 Å². The summed E-state index contributed by atoms with van der Waals surface area (Å²) in [5, 5.41) is 3.42. The minimum absolute atomic E-state index is 0.188. The van der Waals surface area contributed by atoms with Gasteiger partial charge < -0.3 is 4.90 Å². The van der Waals surface area contributed by atoms with Gasteiger partial charge in [-0.1, -0.05) is 78.9 Å². The molecule has 2 saturated heterocycles. The molecule has 6 nitrogen and oxygen atoms in total. The van der Waals surface area contributed by atoms with E-state index < -0.39 is 17.4 Å². The lowest BCUT2D eigenvalue weighted by molar-refractivity contribution is -0.132. The molecule has 3 amide bonds. The summed E-state index contributed by atoms with van der Waals surface area (Å²) in [6.45, 7) is 2.25. The van der Waals surface area contributed by atoms with Gasteiger partial charge in [-0.25, -0.2) is 4.90 Å². The first-order valence-corrected chi connectivity index (χ1v) is 11.9. The van der Waals surface area contributed by atoms with Gasteiger partial charge in [-0.15, -0.1) is 0 Å². The van der Waals surface area contributed by atoms with Crippen LogP contribution in [0.2, 0.25) is 0 Å². The van der Waals surface area contributed by atoms with Crippen molar-refractivity contribution >= 4 is 35.2 Å². The molecule has 0 radical (unpaired) electrons. The highest BCUT2D eigenvalue weighted by Gasteiger charge is 2.70. The summed E-state index contributed by atoms with van der Waals surface area (Å²) in [6, 6.07) is 26.1. The molecule has 6 rings (SSSR count). The number of hydrogen-bond donors (Lipinski definition) is 1. The largest absolute Gasteiger partial charge is 0.306 e. The predicted octanol–water partition coefficient (Wildman–Crippen LogP) is 3.74. The van der Waals surface area contributed by atoms with Crippen molar-refractivity contribution in [1.82, 2.24) is 5.32 Å². The van der Waals surface area contributed by atoms with E-state index >= 15 is 0 Å². The molecule has 3 heterocycles. The summed E-state index contributed by atoms with van der Waals surface area (Å²) in [6.07, 6.45) is 3.94. The molecule has 1 spiro atoms. The quantitative estimate of drug-likeness (QED) is 0.599. The fourth-order valence-corrected chi connectivity index (χ4v) is 5.98. The van der Waals surface area contributed by atoms with E-state index in [2.05, 4.69) is 5.32 Å². The summed E-state index contributed by atoms with van der Waals surface area (Å²) in [5.41, 5.74) is 1.85. The van der Waals surface area contributed by atoms with Gasteiger partial charge in [0.25, 0.3) is 5.91 Å². The molecule has 0 bridgehead atoms. The maximum Gasteiger partial charge on any atom is 0.253 e. The van der Waals surface area contributed by atoms with Crippen molar-refractivity contribution in [2.45, 2.75) is 18.5 Å². The second-order valence-corrected chi connectivity index (χ2v) is 9.34. The molecule has 2 fully saturated rings. The number of rotatable bonds is 4. The van der Waals surface area contributed by atoms with Crippen LogP contribution in [0.1, 0.15) is 18.1 Å². The number of carbonyl (C=O) groups excluding carboxylic acids is 3. The minimum atomic E-state index is -1.27. The lowest BCUT2D eigenvalue weighted by Gasteiger charge is -2.30. The van der Waals surface area contributed by atoms with Gasteiger partial charge in [0.2, 0.25) is 11.8 Å². The van der Waals surface area contributed by atoms with Gasteiger partial charge >= 0.3 is 0 Å². The smallest absolute Gasteiger partial charge is 0.253 e. The van der Waals surface area contributed by atoms with Crippen LogP contribution in [0.4, 0.5) is 11.4 Å². The van der Waals surface area contributed by atoms with Gasteiger partial charge in [0.05, 0.1) is 17.5 Å². The molecule has 3 aliphatic heterocycles. The summed E-state index contributed by atoms with van der Waals surface area (Å²) in [5.74, 6) is -2.18. The number of benzene rings is 3. The van der Waals surface area contributed by atoms with Crippen LogP contribution in [0.25, 0.3) is 6.08 Å². The Morgan fingerprint density at radius 1 is 0.857 bits per heavy atom. The molecule has 174 valence electrons. The molecular weight excluding hydrogens is 438 g/mol. The Hall–Kier alpha value is -4.03. The highest BCUT2D eigenvalue weighted by Crippen LogP contribution is 2.54. The maximum absolute atomic E-state index is 14.2. The monoisotopic (exact) mass is 463 g/mol. The van der Waals surface area contributed by atoms with Crippen molar-refractivity contribution in [3.05, 3.63) is 102 Å². The van der Waals surface area contributed by atoms with E-state index in [1.165, 1.54) is 4.90 Å². The first-order valence-electron chi connectivity index (χ1n) is 11.9. The Bertz CT molecular complexity index is 1350. The van der Waals surface area contributed by atoms with E-state index in [-0.39, 0.29) is 23.8 Å². The number of imide groups is 1. The summed E-state index contributed by atoms with van der Waals surface area (Å²) in [7, 11) is 0. The van der Waals surface area contributed by atoms with Gasteiger partial charge in [-0.2, -0.15) is 0 Å².